The van der Waals surface area contributed by atoms with Crippen molar-refractivity contribution in [3.8, 4) is 0 Å². The van der Waals surface area contributed by atoms with Crippen molar-refractivity contribution < 1.29 is 9.90 Å². The molecule has 1 amide bonds. The van der Waals surface area contributed by atoms with Crippen LogP contribution in [0.2, 0.25) is 0 Å². The molecule has 1 fully saturated rings. The molecule has 0 aromatic heterocycles. The van der Waals surface area contributed by atoms with Gasteiger partial charge >= 0.3 is 0 Å². The number of aliphatic hydroxyl groups excluding tert-OH is 1. The van der Waals surface area contributed by atoms with Gasteiger partial charge in [-0.05, 0) is 31.6 Å². The molecule has 0 aliphatic heterocycles. The van der Waals surface area contributed by atoms with Crippen LogP contribution in [0, 0.1) is 5.92 Å². The van der Waals surface area contributed by atoms with Crippen molar-refractivity contribution in [1.82, 2.24) is 4.90 Å². The standard InChI is InChI=1S/C13H26N2O2/c1-10(2)12(14)9-13(17)15(7-4-8-16)11-5-3-6-11/h10-12,16H,3-9,14H2,1-2H3. The first-order valence-electron chi connectivity index (χ1n) is 6.72. The van der Waals surface area contributed by atoms with E-state index in [1.54, 1.807) is 0 Å². The van der Waals surface area contributed by atoms with Gasteiger partial charge in [-0.1, -0.05) is 13.8 Å². The molecule has 3 N–H and O–H groups in total. The number of carbonyl (C=O) groups is 1. The van der Waals surface area contributed by atoms with Gasteiger partial charge in [0.2, 0.25) is 5.91 Å². The third-order valence-electron chi connectivity index (χ3n) is 3.66. The van der Waals surface area contributed by atoms with Crippen molar-refractivity contribution in [3.63, 3.8) is 0 Å². The van der Waals surface area contributed by atoms with Crippen LogP contribution in [-0.2, 0) is 4.79 Å². The summed E-state index contributed by atoms with van der Waals surface area (Å²) in [7, 11) is 0. The highest BCUT2D eigenvalue weighted by Gasteiger charge is 2.29. The minimum absolute atomic E-state index is 0.0563. The van der Waals surface area contributed by atoms with E-state index in [-0.39, 0.29) is 18.6 Å². The number of nitrogens with zero attached hydrogens (tertiary/aromatic N) is 1. The lowest BCUT2D eigenvalue weighted by molar-refractivity contribution is -0.136. The highest BCUT2D eigenvalue weighted by Crippen LogP contribution is 2.25. The third kappa shape index (κ3) is 4.28. The second-order valence-corrected chi connectivity index (χ2v) is 5.36. The molecule has 0 aromatic carbocycles. The van der Waals surface area contributed by atoms with Crippen molar-refractivity contribution in [2.75, 3.05) is 13.2 Å². The van der Waals surface area contributed by atoms with Crippen LogP contribution >= 0.6 is 0 Å². The van der Waals surface area contributed by atoms with Crippen LogP contribution in [0.25, 0.3) is 0 Å². The zero-order chi connectivity index (χ0) is 12.8. The smallest absolute Gasteiger partial charge is 0.224 e. The molecule has 1 unspecified atom stereocenters. The molecule has 0 radical (unpaired) electrons. The first kappa shape index (κ1) is 14.5. The lowest BCUT2D eigenvalue weighted by atomic mass is 9.90. The Morgan fingerprint density at radius 3 is 2.53 bits per heavy atom. The topological polar surface area (TPSA) is 66.6 Å². The van der Waals surface area contributed by atoms with Crippen LogP contribution in [-0.4, -0.2) is 41.1 Å². The maximum atomic E-state index is 12.2. The molecular formula is C13H26N2O2. The zero-order valence-corrected chi connectivity index (χ0v) is 11.1. The first-order chi connectivity index (χ1) is 8.06. The molecule has 0 spiro atoms. The Bertz CT molecular complexity index is 240. The van der Waals surface area contributed by atoms with E-state index < -0.39 is 0 Å². The molecule has 17 heavy (non-hydrogen) atoms. The van der Waals surface area contributed by atoms with Crippen molar-refractivity contribution in [1.29, 1.82) is 0 Å². The van der Waals surface area contributed by atoms with Crippen LogP contribution in [0.4, 0.5) is 0 Å². The number of carbonyl (C=O) groups excluding carboxylic acids is 1. The number of hydrogen-bond donors (Lipinski definition) is 2. The molecule has 4 nitrogen and oxygen atoms in total. The minimum Gasteiger partial charge on any atom is -0.396 e. The monoisotopic (exact) mass is 242 g/mol. The van der Waals surface area contributed by atoms with Crippen molar-refractivity contribution >= 4 is 5.91 Å². The molecule has 100 valence electrons. The van der Waals surface area contributed by atoms with E-state index in [1.165, 1.54) is 6.42 Å². The van der Waals surface area contributed by atoms with E-state index in [9.17, 15) is 4.79 Å². The van der Waals surface area contributed by atoms with E-state index in [1.807, 2.05) is 18.7 Å². The quantitative estimate of drug-likeness (QED) is 0.703. The molecular weight excluding hydrogens is 216 g/mol. The maximum Gasteiger partial charge on any atom is 0.224 e. The molecule has 0 bridgehead atoms. The molecule has 1 atom stereocenters. The number of rotatable bonds is 7. The Morgan fingerprint density at radius 2 is 2.12 bits per heavy atom. The summed E-state index contributed by atoms with van der Waals surface area (Å²) in [5, 5.41) is 8.88. The highest BCUT2D eigenvalue weighted by atomic mass is 16.3. The highest BCUT2D eigenvalue weighted by molar-refractivity contribution is 5.77. The molecule has 0 heterocycles. The van der Waals surface area contributed by atoms with Gasteiger partial charge in [0.05, 0.1) is 0 Å². The van der Waals surface area contributed by atoms with E-state index in [0.717, 1.165) is 12.8 Å². The van der Waals surface area contributed by atoms with Gasteiger partial charge in [-0.15, -0.1) is 0 Å². The van der Waals surface area contributed by atoms with Gasteiger partial charge in [0, 0.05) is 31.7 Å². The minimum atomic E-state index is -0.0563. The van der Waals surface area contributed by atoms with E-state index >= 15 is 0 Å². The van der Waals surface area contributed by atoms with Crippen LogP contribution < -0.4 is 5.73 Å². The fourth-order valence-corrected chi connectivity index (χ4v) is 2.00. The average molecular weight is 242 g/mol. The molecule has 1 rings (SSSR count). The summed E-state index contributed by atoms with van der Waals surface area (Å²) in [5.41, 5.74) is 5.95. The van der Waals surface area contributed by atoms with Gasteiger partial charge in [-0.25, -0.2) is 0 Å². The summed E-state index contributed by atoms with van der Waals surface area (Å²) >= 11 is 0. The van der Waals surface area contributed by atoms with E-state index in [0.29, 0.717) is 31.3 Å². The summed E-state index contributed by atoms with van der Waals surface area (Å²) in [5.74, 6) is 0.490. The summed E-state index contributed by atoms with van der Waals surface area (Å²) in [6, 6.07) is 0.340. The number of hydrogen-bond acceptors (Lipinski definition) is 3. The molecule has 1 aliphatic carbocycles. The Kier molecular flexibility index (Phi) is 5.92. The molecule has 0 saturated heterocycles. The zero-order valence-electron chi connectivity index (χ0n) is 11.1. The van der Waals surface area contributed by atoms with Crippen LogP contribution in [0.5, 0.6) is 0 Å². The van der Waals surface area contributed by atoms with Crippen molar-refractivity contribution in [3.05, 3.63) is 0 Å². The van der Waals surface area contributed by atoms with Gasteiger partial charge in [0.1, 0.15) is 0 Å². The lowest BCUT2D eigenvalue weighted by Gasteiger charge is -2.38. The second-order valence-electron chi connectivity index (χ2n) is 5.36. The number of nitrogens with two attached hydrogens (primary N) is 1. The molecule has 1 aliphatic rings. The lowest BCUT2D eigenvalue weighted by Crippen LogP contribution is -2.47. The van der Waals surface area contributed by atoms with Gasteiger partial charge in [0.15, 0.2) is 0 Å². The molecule has 1 saturated carbocycles. The Labute approximate surface area is 104 Å². The van der Waals surface area contributed by atoms with Crippen molar-refractivity contribution in [2.45, 2.75) is 58.0 Å². The maximum absolute atomic E-state index is 12.2. The Balaban J connectivity index is 2.46. The van der Waals surface area contributed by atoms with Crippen molar-refractivity contribution in [2.24, 2.45) is 11.7 Å². The van der Waals surface area contributed by atoms with Crippen LogP contribution in [0.15, 0.2) is 0 Å². The number of aliphatic hydroxyl groups is 1. The summed E-state index contributed by atoms with van der Waals surface area (Å²) in [4.78, 5) is 14.1. The fraction of sp³-hybridized carbons (Fsp3) is 0.923. The van der Waals surface area contributed by atoms with E-state index in [4.69, 9.17) is 10.8 Å². The van der Waals surface area contributed by atoms with Crippen LogP contribution in [0.1, 0.15) is 46.0 Å². The number of amides is 1. The summed E-state index contributed by atoms with van der Waals surface area (Å²) < 4.78 is 0. The molecule has 0 aromatic rings. The van der Waals surface area contributed by atoms with E-state index in [2.05, 4.69) is 0 Å². The molecule has 4 heteroatoms. The summed E-state index contributed by atoms with van der Waals surface area (Å²) in [6.07, 6.45) is 4.52. The van der Waals surface area contributed by atoms with Crippen LogP contribution in [0.3, 0.4) is 0 Å². The van der Waals surface area contributed by atoms with Gasteiger partial charge < -0.3 is 15.7 Å². The van der Waals surface area contributed by atoms with Gasteiger partial charge in [-0.3, -0.25) is 4.79 Å². The first-order valence-corrected chi connectivity index (χ1v) is 6.72. The van der Waals surface area contributed by atoms with Gasteiger partial charge in [-0.2, -0.15) is 0 Å². The Morgan fingerprint density at radius 1 is 1.47 bits per heavy atom. The van der Waals surface area contributed by atoms with Gasteiger partial charge in [0.25, 0.3) is 0 Å². The second kappa shape index (κ2) is 6.97. The fourth-order valence-electron chi connectivity index (χ4n) is 2.00. The predicted octanol–water partition coefficient (Wildman–Crippen LogP) is 1.12. The SMILES string of the molecule is CC(C)C(N)CC(=O)N(CCCO)C1CCC1. The third-order valence-corrected chi connectivity index (χ3v) is 3.66. The average Bonchev–Trinajstić information content (AvgIpc) is 2.20. The Hall–Kier alpha value is -0.610. The summed E-state index contributed by atoms with van der Waals surface area (Å²) in [6.45, 7) is 4.90. The predicted molar refractivity (Wildman–Crippen MR) is 68.5 cm³/mol. The largest absolute Gasteiger partial charge is 0.396 e. The normalized spacial score (nSPS) is 17.9.